The van der Waals surface area contributed by atoms with E-state index in [1.807, 2.05) is 48.5 Å². The number of esters is 1. The van der Waals surface area contributed by atoms with Gasteiger partial charge in [-0.1, -0.05) is 12.1 Å². The number of carbonyl (C=O) groups is 2. The molecule has 0 radical (unpaired) electrons. The summed E-state index contributed by atoms with van der Waals surface area (Å²) >= 11 is 0. The summed E-state index contributed by atoms with van der Waals surface area (Å²) in [4.78, 5) is 24.1. The number of amides is 1. The molecule has 0 aliphatic heterocycles. The van der Waals surface area contributed by atoms with E-state index in [9.17, 15) is 9.59 Å². The van der Waals surface area contributed by atoms with Crippen LogP contribution in [-0.4, -0.2) is 26.1 Å². The fraction of sp³-hybridized carbons (Fsp3) is 0.0909. The summed E-state index contributed by atoms with van der Waals surface area (Å²) in [5.41, 5.74) is 3.09. The van der Waals surface area contributed by atoms with Gasteiger partial charge in [-0.3, -0.25) is 4.79 Å². The van der Waals surface area contributed by atoms with Crippen molar-refractivity contribution in [1.29, 1.82) is 0 Å². The molecular formula is C22H20N2O4. The third kappa shape index (κ3) is 4.48. The van der Waals surface area contributed by atoms with E-state index in [-0.39, 0.29) is 5.91 Å². The van der Waals surface area contributed by atoms with E-state index in [1.54, 1.807) is 31.4 Å². The molecule has 0 aromatic heterocycles. The summed E-state index contributed by atoms with van der Waals surface area (Å²) in [6, 6.07) is 21.2. The highest BCUT2D eigenvalue weighted by Gasteiger charge is 2.11. The lowest BCUT2D eigenvalue weighted by molar-refractivity contribution is 0.0600. The van der Waals surface area contributed by atoms with Crippen LogP contribution in [0.4, 0.5) is 17.1 Å². The minimum atomic E-state index is -0.444. The summed E-state index contributed by atoms with van der Waals surface area (Å²) in [6.45, 7) is 0. The Balaban J connectivity index is 1.75. The lowest BCUT2D eigenvalue weighted by atomic mass is 10.1. The predicted molar refractivity (Wildman–Crippen MR) is 108 cm³/mol. The SMILES string of the molecule is COC(=O)c1ccc(C(=O)Nc2ccccc2Nc2ccc(OC)cc2)cc1. The molecule has 0 spiro atoms. The van der Waals surface area contributed by atoms with Gasteiger partial charge < -0.3 is 20.1 Å². The average Bonchev–Trinajstić information content (AvgIpc) is 2.75. The van der Waals surface area contributed by atoms with Crippen molar-refractivity contribution in [2.75, 3.05) is 24.9 Å². The third-order valence-corrected chi connectivity index (χ3v) is 4.11. The fourth-order valence-corrected chi connectivity index (χ4v) is 2.60. The van der Waals surface area contributed by atoms with Crippen LogP contribution in [-0.2, 0) is 4.74 Å². The monoisotopic (exact) mass is 376 g/mol. The van der Waals surface area contributed by atoms with Crippen LogP contribution in [0.3, 0.4) is 0 Å². The molecule has 0 atom stereocenters. The topological polar surface area (TPSA) is 76.7 Å². The van der Waals surface area contributed by atoms with Crippen LogP contribution < -0.4 is 15.4 Å². The number of rotatable bonds is 6. The third-order valence-electron chi connectivity index (χ3n) is 4.11. The molecule has 3 aromatic rings. The fourth-order valence-electron chi connectivity index (χ4n) is 2.60. The second-order valence-electron chi connectivity index (χ2n) is 5.92. The van der Waals surface area contributed by atoms with Crippen LogP contribution in [0.15, 0.2) is 72.8 Å². The lowest BCUT2D eigenvalue weighted by Gasteiger charge is -2.13. The zero-order chi connectivity index (χ0) is 19.9. The van der Waals surface area contributed by atoms with E-state index in [0.29, 0.717) is 16.8 Å². The molecule has 0 saturated carbocycles. The van der Waals surface area contributed by atoms with E-state index in [4.69, 9.17) is 4.74 Å². The van der Waals surface area contributed by atoms with Crippen LogP contribution in [0.25, 0.3) is 0 Å². The second kappa shape index (κ2) is 8.73. The Kier molecular flexibility index (Phi) is 5.91. The number of carbonyl (C=O) groups excluding carboxylic acids is 2. The Hall–Kier alpha value is -3.80. The zero-order valence-corrected chi connectivity index (χ0v) is 15.6. The van der Waals surface area contributed by atoms with E-state index in [1.165, 1.54) is 7.11 Å². The molecule has 0 heterocycles. The first-order chi connectivity index (χ1) is 13.6. The summed E-state index contributed by atoms with van der Waals surface area (Å²) in [7, 11) is 2.93. The lowest BCUT2D eigenvalue weighted by Crippen LogP contribution is -2.13. The highest BCUT2D eigenvalue weighted by molar-refractivity contribution is 6.06. The van der Waals surface area contributed by atoms with Crippen molar-refractivity contribution in [2.24, 2.45) is 0 Å². The minimum absolute atomic E-state index is 0.277. The largest absolute Gasteiger partial charge is 0.497 e. The normalized spacial score (nSPS) is 10.1. The van der Waals surface area contributed by atoms with Gasteiger partial charge in [0.05, 0.1) is 31.2 Å². The Bertz CT molecular complexity index is 967. The average molecular weight is 376 g/mol. The smallest absolute Gasteiger partial charge is 0.337 e. The number of methoxy groups -OCH3 is 2. The van der Waals surface area contributed by atoms with E-state index in [2.05, 4.69) is 15.4 Å². The zero-order valence-electron chi connectivity index (χ0n) is 15.6. The van der Waals surface area contributed by atoms with E-state index in [0.717, 1.165) is 17.1 Å². The molecule has 6 heteroatoms. The summed E-state index contributed by atoms with van der Waals surface area (Å²) < 4.78 is 9.82. The van der Waals surface area contributed by atoms with Gasteiger partial charge in [-0.15, -0.1) is 0 Å². The molecule has 142 valence electrons. The Morgan fingerprint density at radius 2 is 1.36 bits per heavy atom. The Labute approximate surface area is 163 Å². The summed E-state index contributed by atoms with van der Waals surface area (Å²) in [6.07, 6.45) is 0. The number of para-hydroxylation sites is 2. The van der Waals surface area contributed by atoms with E-state index < -0.39 is 5.97 Å². The molecule has 3 rings (SSSR count). The molecule has 3 aromatic carbocycles. The van der Waals surface area contributed by atoms with Crippen molar-refractivity contribution in [2.45, 2.75) is 0 Å². The molecule has 28 heavy (non-hydrogen) atoms. The summed E-state index contributed by atoms with van der Waals surface area (Å²) in [5.74, 6) is 0.0453. The highest BCUT2D eigenvalue weighted by atomic mass is 16.5. The van der Waals surface area contributed by atoms with Gasteiger partial charge in [0.25, 0.3) is 5.91 Å². The van der Waals surface area contributed by atoms with Gasteiger partial charge in [0.15, 0.2) is 0 Å². The Morgan fingerprint density at radius 1 is 0.750 bits per heavy atom. The highest BCUT2D eigenvalue weighted by Crippen LogP contribution is 2.26. The van der Waals surface area contributed by atoms with Crippen LogP contribution in [0.2, 0.25) is 0 Å². The van der Waals surface area contributed by atoms with Gasteiger partial charge in [-0.2, -0.15) is 0 Å². The quantitative estimate of drug-likeness (QED) is 0.621. The van der Waals surface area contributed by atoms with Gasteiger partial charge in [-0.05, 0) is 60.7 Å². The predicted octanol–water partition coefficient (Wildman–Crippen LogP) is 4.48. The number of benzene rings is 3. The maximum Gasteiger partial charge on any atom is 0.337 e. The Morgan fingerprint density at radius 3 is 1.96 bits per heavy atom. The standard InChI is InChI=1S/C22H20N2O4/c1-27-18-13-11-17(12-14-18)23-19-5-3-4-6-20(19)24-21(25)15-7-9-16(10-8-15)22(26)28-2/h3-14,23H,1-2H3,(H,24,25). The minimum Gasteiger partial charge on any atom is -0.497 e. The van der Waals surface area contributed by atoms with Crippen LogP contribution in [0.5, 0.6) is 5.75 Å². The number of ether oxygens (including phenoxy) is 2. The number of hydrogen-bond acceptors (Lipinski definition) is 5. The first-order valence-corrected chi connectivity index (χ1v) is 8.60. The molecule has 0 bridgehead atoms. The van der Waals surface area contributed by atoms with Crippen LogP contribution >= 0.6 is 0 Å². The maximum atomic E-state index is 12.6. The molecule has 0 unspecified atom stereocenters. The number of anilines is 3. The van der Waals surface area contributed by atoms with Crippen molar-refractivity contribution < 1.29 is 19.1 Å². The van der Waals surface area contributed by atoms with Crippen molar-refractivity contribution in [1.82, 2.24) is 0 Å². The first kappa shape index (κ1) is 19.0. The van der Waals surface area contributed by atoms with Crippen molar-refractivity contribution >= 4 is 28.9 Å². The van der Waals surface area contributed by atoms with Gasteiger partial charge in [0.2, 0.25) is 0 Å². The molecule has 0 aliphatic carbocycles. The van der Waals surface area contributed by atoms with Gasteiger partial charge in [0.1, 0.15) is 5.75 Å². The van der Waals surface area contributed by atoms with Crippen molar-refractivity contribution in [3.05, 3.63) is 83.9 Å². The number of hydrogen-bond donors (Lipinski definition) is 2. The van der Waals surface area contributed by atoms with Crippen LogP contribution in [0.1, 0.15) is 20.7 Å². The summed E-state index contributed by atoms with van der Waals surface area (Å²) in [5, 5.41) is 6.17. The molecule has 6 nitrogen and oxygen atoms in total. The second-order valence-corrected chi connectivity index (χ2v) is 5.92. The molecule has 2 N–H and O–H groups in total. The van der Waals surface area contributed by atoms with Gasteiger partial charge >= 0.3 is 5.97 Å². The molecular weight excluding hydrogens is 356 g/mol. The van der Waals surface area contributed by atoms with Crippen molar-refractivity contribution in [3.8, 4) is 5.75 Å². The van der Waals surface area contributed by atoms with Crippen LogP contribution in [0, 0.1) is 0 Å². The molecule has 0 saturated heterocycles. The molecule has 0 aliphatic rings. The molecule has 0 fully saturated rings. The maximum absolute atomic E-state index is 12.6. The number of nitrogens with one attached hydrogen (secondary N) is 2. The van der Waals surface area contributed by atoms with Gasteiger partial charge in [0, 0.05) is 11.3 Å². The van der Waals surface area contributed by atoms with Gasteiger partial charge in [-0.25, -0.2) is 4.79 Å². The van der Waals surface area contributed by atoms with E-state index >= 15 is 0 Å². The molecule has 1 amide bonds. The first-order valence-electron chi connectivity index (χ1n) is 8.60. The van der Waals surface area contributed by atoms with Crippen molar-refractivity contribution in [3.63, 3.8) is 0 Å².